The lowest BCUT2D eigenvalue weighted by atomic mass is 9.68. The monoisotopic (exact) mass is 780 g/mol. The van der Waals surface area contributed by atoms with E-state index < -0.39 is 35.9 Å². The van der Waals surface area contributed by atoms with Crippen LogP contribution in [0.4, 0.5) is 32.3 Å². The molecule has 2 aromatic carbocycles. The van der Waals surface area contributed by atoms with Gasteiger partial charge >= 0.3 is 6.18 Å². The molecule has 1 saturated heterocycles. The molecule has 0 bridgehead atoms. The summed E-state index contributed by atoms with van der Waals surface area (Å²) in [5.74, 6) is -2.38. The molecule has 7 nitrogen and oxygen atoms in total. The Labute approximate surface area is 322 Å². The SMILES string of the molecule is COc1ccc(CO[C@H]2CC(C)(C)Cc3nc(C4CCN(c5ncc(C=O)cn5)CC4)c([C@@H](F)c4ccc(C(F)(F)F)cc4)c(C4CCC(F)(F)CC4)c32)cc1. The summed E-state index contributed by atoms with van der Waals surface area (Å²) < 4.78 is 100. The molecule has 4 aromatic rings. The molecule has 0 radical (unpaired) electrons. The van der Waals surface area contributed by atoms with Crippen LogP contribution in [0.15, 0.2) is 60.9 Å². The van der Waals surface area contributed by atoms with Gasteiger partial charge in [0.15, 0.2) is 12.5 Å². The first-order valence-corrected chi connectivity index (χ1v) is 19.2. The third-order valence-electron chi connectivity index (χ3n) is 11.6. The van der Waals surface area contributed by atoms with Crippen LogP contribution in [0.1, 0.15) is 138 Å². The van der Waals surface area contributed by atoms with Crippen molar-refractivity contribution < 1.29 is 40.6 Å². The van der Waals surface area contributed by atoms with Crippen molar-refractivity contribution in [2.75, 3.05) is 25.1 Å². The van der Waals surface area contributed by atoms with E-state index in [0.29, 0.717) is 73.6 Å². The van der Waals surface area contributed by atoms with Gasteiger partial charge in [-0.2, -0.15) is 13.2 Å². The van der Waals surface area contributed by atoms with Crippen molar-refractivity contribution in [3.8, 4) is 5.75 Å². The van der Waals surface area contributed by atoms with E-state index in [1.807, 2.05) is 29.2 Å². The molecule has 2 aliphatic carbocycles. The maximum Gasteiger partial charge on any atom is 0.416 e. The van der Waals surface area contributed by atoms with Crippen molar-refractivity contribution in [2.24, 2.45) is 5.41 Å². The highest BCUT2D eigenvalue weighted by Crippen LogP contribution is 2.53. The molecule has 2 fully saturated rings. The van der Waals surface area contributed by atoms with Crippen LogP contribution in [-0.4, -0.2) is 47.4 Å². The molecule has 7 rings (SSSR count). The Kier molecular flexibility index (Phi) is 11.2. The fourth-order valence-corrected chi connectivity index (χ4v) is 8.65. The van der Waals surface area contributed by atoms with Gasteiger partial charge < -0.3 is 14.4 Å². The predicted molar refractivity (Wildman–Crippen MR) is 199 cm³/mol. The molecule has 1 saturated carbocycles. The Balaban J connectivity index is 1.35. The van der Waals surface area contributed by atoms with Gasteiger partial charge in [0.2, 0.25) is 11.9 Å². The molecule has 298 valence electrons. The largest absolute Gasteiger partial charge is 0.497 e. The number of alkyl halides is 6. The zero-order chi connectivity index (χ0) is 39.8. The number of halogens is 6. The molecule has 1 aliphatic heterocycles. The van der Waals surface area contributed by atoms with Gasteiger partial charge in [-0.15, -0.1) is 0 Å². The number of benzene rings is 2. The first-order valence-electron chi connectivity index (χ1n) is 19.2. The number of hydrogen-bond acceptors (Lipinski definition) is 7. The number of aldehydes is 1. The summed E-state index contributed by atoms with van der Waals surface area (Å²) in [4.78, 5) is 27.2. The van der Waals surface area contributed by atoms with Gasteiger partial charge in [0.25, 0.3) is 0 Å². The average molecular weight is 781 g/mol. The smallest absolute Gasteiger partial charge is 0.416 e. The van der Waals surface area contributed by atoms with Gasteiger partial charge in [0, 0.05) is 61.1 Å². The third-order valence-corrected chi connectivity index (χ3v) is 11.6. The van der Waals surface area contributed by atoms with Crippen LogP contribution in [0.5, 0.6) is 5.75 Å². The summed E-state index contributed by atoms with van der Waals surface area (Å²) in [7, 11) is 1.59. The first kappa shape index (κ1) is 39.7. The highest BCUT2D eigenvalue weighted by atomic mass is 19.4. The molecule has 2 atom stereocenters. The second-order valence-electron chi connectivity index (χ2n) is 16.2. The Hall–Kier alpha value is -4.52. The number of fused-ring (bicyclic) bond motifs is 1. The van der Waals surface area contributed by atoms with Crippen molar-refractivity contribution in [2.45, 2.75) is 108 Å². The molecule has 3 heterocycles. The molecule has 0 spiro atoms. The molecule has 3 aliphatic rings. The molecule has 0 amide bonds. The Morgan fingerprint density at radius 1 is 0.911 bits per heavy atom. The molecular weight excluding hydrogens is 734 g/mol. The van der Waals surface area contributed by atoms with Crippen LogP contribution >= 0.6 is 0 Å². The van der Waals surface area contributed by atoms with Crippen LogP contribution < -0.4 is 9.64 Å². The van der Waals surface area contributed by atoms with Gasteiger partial charge in [0.05, 0.1) is 36.6 Å². The fraction of sp³-hybridized carbons (Fsp3) is 0.488. The number of nitrogens with zero attached hydrogens (tertiary/aromatic N) is 4. The molecule has 56 heavy (non-hydrogen) atoms. The average Bonchev–Trinajstić information content (AvgIpc) is 3.18. The number of carbonyl (C=O) groups excluding carboxylic acids is 1. The van der Waals surface area contributed by atoms with Crippen molar-refractivity contribution >= 4 is 12.2 Å². The summed E-state index contributed by atoms with van der Waals surface area (Å²) in [5, 5.41) is 0. The van der Waals surface area contributed by atoms with E-state index in [-0.39, 0.29) is 54.7 Å². The number of methoxy groups -OCH3 is 1. The summed E-state index contributed by atoms with van der Waals surface area (Å²) in [6.45, 7) is 5.50. The molecular formula is C43H46F6N4O3. The van der Waals surface area contributed by atoms with Gasteiger partial charge in [-0.05, 0) is 90.8 Å². The summed E-state index contributed by atoms with van der Waals surface area (Å²) in [6, 6.07) is 11.6. The van der Waals surface area contributed by atoms with Crippen molar-refractivity contribution in [3.63, 3.8) is 0 Å². The van der Waals surface area contributed by atoms with E-state index in [0.717, 1.165) is 29.0 Å². The summed E-state index contributed by atoms with van der Waals surface area (Å²) >= 11 is 0. The van der Waals surface area contributed by atoms with Crippen LogP contribution in [0.3, 0.4) is 0 Å². The highest BCUT2D eigenvalue weighted by molar-refractivity contribution is 5.73. The zero-order valence-corrected chi connectivity index (χ0v) is 31.7. The maximum atomic E-state index is 17.7. The summed E-state index contributed by atoms with van der Waals surface area (Å²) in [6.07, 6.45) is -1.69. The number of anilines is 1. The zero-order valence-electron chi connectivity index (χ0n) is 31.7. The Bertz CT molecular complexity index is 1990. The van der Waals surface area contributed by atoms with Crippen LogP contribution in [0.25, 0.3) is 0 Å². The quantitative estimate of drug-likeness (QED) is 0.117. The topological polar surface area (TPSA) is 77.4 Å². The van der Waals surface area contributed by atoms with E-state index in [1.165, 1.54) is 24.5 Å². The third kappa shape index (κ3) is 8.57. The van der Waals surface area contributed by atoms with Gasteiger partial charge in [0.1, 0.15) is 5.75 Å². The first-order chi connectivity index (χ1) is 26.6. The predicted octanol–water partition coefficient (Wildman–Crippen LogP) is 10.7. The minimum atomic E-state index is -4.60. The van der Waals surface area contributed by atoms with E-state index in [2.05, 4.69) is 23.8 Å². The van der Waals surface area contributed by atoms with Crippen molar-refractivity contribution in [3.05, 3.63) is 111 Å². The minimum absolute atomic E-state index is 0.0383. The second kappa shape index (κ2) is 15.8. The number of carbonyl (C=O) groups is 1. The number of aromatic nitrogens is 3. The Morgan fingerprint density at radius 3 is 2.14 bits per heavy atom. The number of piperidine rings is 1. The molecule has 13 heteroatoms. The number of pyridine rings is 1. The van der Waals surface area contributed by atoms with Crippen LogP contribution in [0.2, 0.25) is 0 Å². The second-order valence-corrected chi connectivity index (χ2v) is 16.2. The number of hydrogen-bond donors (Lipinski definition) is 0. The fourth-order valence-electron chi connectivity index (χ4n) is 8.65. The standard InChI is InChI=1S/C43H46F6N4O3/c1-41(2)20-33-36(34(21-41)56-25-26-4-10-32(55-3)11-5-26)35(28-12-16-42(45,46)17-13-28)37(38(44)29-6-8-31(9-7-29)43(47,48)49)39(52-33)30-14-18-53(19-15-30)40-50-22-27(24-54)23-51-40/h4-11,22-24,28,30,34,38H,12-21,25H2,1-3H3/t34-,38-/m0/s1. The van der Waals surface area contributed by atoms with E-state index in [1.54, 1.807) is 7.11 Å². The normalized spacial score (nSPS) is 20.7. The van der Waals surface area contributed by atoms with Crippen LogP contribution in [-0.2, 0) is 23.9 Å². The Morgan fingerprint density at radius 2 is 1.55 bits per heavy atom. The van der Waals surface area contributed by atoms with Gasteiger partial charge in [-0.1, -0.05) is 38.1 Å². The van der Waals surface area contributed by atoms with E-state index >= 15 is 4.39 Å². The summed E-state index contributed by atoms with van der Waals surface area (Å²) in [5.41, 5.74) is 3.01. The van der Waals surface area contributed by atoms with E-state index in [4.69, 9.17) is 14.5 Å². The van der Waals surface area contributed by atoms with Crippen molar-refractivity contribution in [1.29, 1.82) is 0 Å². The highest BCUT2D eigenvalue weighted by Gasteiger charge is 2.44. The lowest BCUT2D eigenvalue weighted by Gasteiger charge is -2.42. The molecule has 0 unspecified atom stereocenters. The minimum Gasteiger partial charge on any atom is -0.497 e. The number of ether oxygens (including phenoxy) is 2. The lowest BCUT2D eigenvalue weighted by Crippen LogP contribution is -2.36. The number of rotatable bonds is 10. The van der Waals surface area contributed by atoms with Crippen molar-refractivity contribution in [1.82, 2.24) is 15.0 Å². The van der Waals surface area contributed by atoms with Gasteiger partial charge in [-0.3, -0.25) is 9.78 Å². The lowest BCUT2D eigenvalue weighted by molar-refractivity contribution is -0.137. The molecule has 0 N–H and O–H groups in total. The van der Waals surface area contributed by atoms with E-state index in [9.17, 15) is 26.7 Å². The molecule has 2 aromatic heterocycles. The van der Waals surface area contributed by atoms with Crippen LogP contribution in [0, 0.1) is 5.41 Å². The maximum absolute atomic E-state index is 17.7. The van der Waals surface area contributed by atoms with Gasteiger partial charge in [-0.25, -0.2) is 23.1 Å².